The molecule has 0 aliphatic heterocycles. The van der Waals surface area contributed by atoms with Crippen LogP contribution in [0.5, 0.6) is 0 Å². The van der Waals surface area contributed by atoms with Crippen LogP contribution >= 0.6 is 22.6 Å². The third kappa shape index (κ3) is 11.3. The number of amides is 1. The van der Waals surface area contributed by atoms with Gasteiger partial charge in [0.25, 0.3) is 0 Å². The lowest BCUT2D eigenvalue weighted by Gasteiger charge is -2.00. The lowest BCUT2D eigenvalue weighted by atomic mass is 10.2. The number of unbranched alkanes of at least 4 members (excludes halogenated alkanes) is 1. The molecular formula is C17H26INO. The van der Waals surface area contributed by atoms with Gasteiger partial charge >= 0.3 is 0 Å². The zero-order valence-corrected chi connectivity index (χ0v) is 14.3. The summed E-state index contributed by atoms with van der Waals surface area (Å²) in [5.74, 6) is 0.221. The largest absolute Gasteiger partial charge is 0.353 e. The van der Waals surface area contributed by atoms with Crippen molar-refractivity contribution in [3.05, 3.63) is 36.5 Å². The number of alkyl halides is 1. The molecule has 112 valence electrons. The van der Waals surface area contributed by atoms with Crippen LogP contribution in [0.15, 0.2) is 36.5 Å². The van der Waals surface area contributed by atoms with Gasteiger partial charge in [-0.2, -0.15) is 0 Å². The molecule has 2 nitrogen and oxygen atoms in total. The molecule has 0 aromatic carbocycles. The number of carbonyl (C=O) groups is 1. The lowest BCUT2D eigenvalue weighted by molar-refractivity contribution is -0.121. The maximum Gasteiger partial charge on any atom is 0.220 e. The highest BCUT2D eigenvalue weighted by Crippen LogP contribution is 2.18. The quantitative estimate of drug-likeness (QED) is 0.237. The van der Waals surface area contributed by atoms with E-state index < -0.39 is 0 Å². The molecule has 0 heterocycles. The van der Waals surface area contributed by atoms with Crippen LogP contribution in [0.25, 0.3) is 0 Å². The Morgan fingerprint density at radius 2 is 1.60 bits per heavy atom. The van der Waals surface area contributed by atoms with E-state index in [4.69, 9.17) is 0 Å². The van der Waals surface area contributed by atoms with Crippen LogP contribution in [-0.4, -0.2) is 16.4 Å². The van der Waals surface area contributed by atoms with E-state index in [0.29, 0.717) is 12.5 Å². The first-order valence-electron chi connectivity index (χ1n) is 7.63. The van der Waals surface area contributed by atoms with Crippen molar-refractivity contribution >= 4 is 28.5 Å². The normalized spacial score (nSPS) is 15.7. The maximum absolute atomic E-state index is 11.4. The van der Waals surface area contributed by atoms with Gasteiger partial charge in [0.2, 0.25) is 5.91 Å². The molecular weight excluding hydrogens is 361 g/mol. The van der Waals surface area contributed by atoms with E-state index in [0.717, 1.165) is 25.7 Å². The lowest BCUT2D eigenvalue weighted by Crippen LogP contribution is -2.24. The minimum Gasteiger partial charge on any atom is -0.353 e. The van der Waals surface area contributed by atoms with Gasteiger partial charge in [-0.05, 0) is 44.9 Å². The molecule has 0 radical (unpaired) electrons. The van der Waals surface area contributed by atoms with Crippen LogP contribution in [0.3, 0.4) is 0 Å². The van der Waals surface area contributed by atoms with Gasteiger partial charge in [0.05, 0.1) is 0 Å². The first-order chi connectivity index (χ1) is 9.83. The number of hydrogen-bond donors (Lipinski definition) is 1. The van der Waals surface area contributed by atoms with E-state index in [1.807, 2.05) is 0 Å². The second-order valence-electron chi connectivity index (χ2n) is 5.10. The number of nitrogens with one attached hydrogen (secondary N) is 1. The smallest absolute Gasteiger partial charge is 0.220 e. The monoisotopic (exact) mass is 387 g/mol. The van der Waals surface area contributed by atoms with E-state index >= 15 is 0 Å². The van der Waals surface area contributed by atoms with E-state index in [2.05, 4.69) is 64.4 Å². The van der Waals surface area contributed by atoms with Crippen LogP contribution in [0.2, 0.25) is 0 Å². The number of hydrogen-bond acceptors (Lipinski definition) is 1. The van der Waals surface area contributed by atoms with Crippen molar-refractivity contribution < 1.29 is 4.79 Å². The van der Waals surface area contributed by atoms with Crippen molar-refractivity contribution in [1.82, 2.24) is 5.32 Å². The van der Waals surface area contributed by atoms with E-state index in [-0.39, 0.29) is 5.91 Å². The minimum atomic E-state index is 0.221. The zero-order valence-electron chi connectivity index (χ0n) is 12.2. The topological polar surface area (TPSA) is 29.1 Å². The molecule has 1 saturated carbocycles. The molecule has 0 atom stereocenters. The Kier molecular flexibility index (Phi) is 10.6. The Hall–Kier alpha value is -0.580. The zero-order chi connectivity index (χ0) is 14.5. The third-order valence-electron chi connectivity index (χ3n) is 3.04. The minimum absolute atomic E-state index is 0.221. The predicted molar refractivity (Wildman–Crippen MR) is 95.2 cm³/mol. The predicted octanol–water partition coefficient (Wildman–Crippen LogP) is 4.71. The first-order valence-corrected chi connectivity index (χ1v) is 9.16. The average molecular weight is 387 g/mol. The SMILES string of the molecule is O=C(CCCC=CCC=CCC=CCCI)NC1CC1. The number of carbonyl (C=O) groups excluding carboxylic acids is 1. The van der Waals surface area contributed by atoms with Crippen molar-refractivity contribution in [2.45, 2.75) is 57.4 Å². The standard InChI is InChI=1S/C17H26INO/c18-15-11-9-7-5-3-1-2-4-6-8-10-12-17(20)19-16-13-14-16/h1,3-4,6-7,9,16H,2,5,8,10-15H2,(H,19,20). The molecule has 1 N–H and O–H groups in total. The van der Waals surface area contributed by atoms with E-state index in [9.17, 15) is 4.79 Å². The summed E-state index contributed by atoms with van der Waals surface area (Å²) in [6.45, 7) is 0. The molecule has 0 aromatic heterocycles. The van der Waals surface area contributed by atoms with Crippen LogP contribution in [0, 0.1) is 0 Å². The summed E-state index contributed by atoms with van der Waals surface area (Å²) in [7, 11) is 0. The summed E-state index contributed by atoms with van der Waals surface area (Å²) < 4.78 is 1.19. The Labute approximate surface area is 136 Å². The van der Waals surface area contributed by atoms with Crippen molar-refractivity contribution in [2.24, 2.45) is 0 Å². The highest BCUT2D eigenvalue weighted by Gasteiger charge is 2.22. The summed E-state index contributed by atoms with van der Waals surface area (Å²) >= 11 is 2.39. The van der Waals surface area contributed by atoms with Crippen molar-refractivity contribution in [3.63, 3.8) is 0 Å². The van der Waals surface area contributed by atoms with Crippen LogP contribution in [-0.2, 0) is 4.79 Å². The summed E-state index contributed by atoms with van der Waals surface area (Å²) in [4.78, 5) is 11.4. The Balaban J connectivity index is 1.88. The fourth-order valence-corrected chi connectivity index (χ4v) is 2.11. The summed E-state index contributed by atoms with van der Waals surface area (Å²) in [5.41, 5.74) is 0. The van der Waals surface area contributed by atoms with Gasteiger partial charge in [0, 0.05) is 16.9 Å². The molecule has 1 amide bonds. The number of rotatable bonds is 11. The molecule has 0 saturated heterocycles. The summed E-state index contributed by atoms with van der Waals surface area (Å²) in [6.07, 6.45) is 21.4. The van der Waals surface area contributed by atoms with E-state index in [1.54, 1.807) is 0 Å². The fourth-order valence-electron chi connectivity index (χ4n) is 1.75. The number of allylic oxidation sites excluding steroid dienone is 6. The molecule has 1 rings (SSSR count). The highest BCUT2D eigenvalue weighted by atomic mass is 127. The molecule has 0 unspecified atom stereocenters. The van der Waals surface area contributed by atoms with Crippen molar-refractivity contribution in [2.75, 3.05) is 4.43 Å². The molecule has 1 fully saturated rings. The van der Waals surface area contributed by atoms with E-state index in [1.165, 1.54) is 23.7 Å². The van der Waals surface area contributed by atoms with Gasteiger partial charge in [0.1, 0.15) is 0 Å². The number of halogens is 1. The van der Waals surface area contributed by atoms with Crippen molar-refractivity contribution in [1.29, 1.82) is 0 Å². The van der Waals surface area contributed by atoms with Gasteiger partial charge in [-0.25, -0.2) is 0 Å². The van der Waals surface area contributed by atoms with Gasteiger partial charge in [-0.15, -0.1) is 0 Å². The fraction of sp³-hybridized carbons (Fsp3) is 0.588. The first kappa shape index (κ1) is 17.5. The average Bonchev–Trinajstić information content (AvgIpc) is 3.24. The molecule has 3 heteroatoms. The van der Waals surface area contributed by atoms with Crippen LogP contribution < -0.4 is 5.32 Å². The van der Waals surface area contributed by atoms with Gasteiger partial charge < -0.3 is 5.32 Å². The third-order valence-corrected chi connectivity index (χ3v) is 3.66. The maximum atomic E-state index is 11.4. The summed E-state index contributed by atoms with van der Waals surface area (Å²) in [6, 6.07) is 0.495. The Bertz CT molecular complexity index is 343. The molecule has 0 bridgehead atoms. The molecule has 1 aliphatic carbocycles. The van der Waals surface area contributed by atoms with Gasteiger partial charge in [0.15, 0.2) is 0 Å². The second kappa shape index (κ2) is 12.2. The molecule has 1 aliphatic rings. The van der Waals surface area contributed by atoms with Gasteiger partial charge in [-0.1, -0.05) is 59.0 Å². The molecule has 0 spiro atoms. The molecule has 20 heavy (non-hydrogen) atoms. The van der Waals surface area contributed by atoms with Gasteiger partial charge in [-0.3, -0.25) is 4.79 Å². The Morgan fingerprint density at radius 1 is 1.00 bits per heavy atom. The second-order valence-corrected chi connectivity index (χ2v) is 6.18. The molecule has 0 aromatic rings. The van der Waals surface area contributed by atoms with Crippen molar-refractivity contribution in [3.8, 4) is 0 Å². The highest BCUT2D eigenvalue weighted by molar-refractivity contribution is 14.1. The van der Waals surface area contributed by atoms with Crippen LogP contribution in [0.1, 0.15) is 51.4 Å². The van der Waals surface area contributed by atoms with Crippen LogP contribution in [0.4, 0.5) is 0 Å². The summed E-state index contributed by atoms with van der Waals surface area (Å²) in [5, 5.41) is 3.01. The Morgan fingerprint density at radius 3 is 2.20 bits per heavy atom.